The van der Waals surface area contributed by atoms with Gasteiger partial charge in [-0.1, -0.05) is 23.7 Å². The average Bonchev–Trinajstić information content (AvgIpc) is 3.05. The molecule has 2 N–H and O–H groups in total. The molecule has 0 spiro atoms. The molecule has 1 atom stereocenters. The molecule has 7 heteroatoms. The van der Waals surface area contributed by atoms with Gasteiger partial charge in [0.25, 0.3) is 0 Å². The Kier molecular flexibility index (Phi) is 2.80. The number of benzene rings is 1. The Balaban J connectivity index is 1.95. The Morgan fingerprint density at radius 1 is 1.22 bits per heavy atom. The van der Waals surface area contributed by atoms with Gasteiger partial charge in [-0.3, -0.25) is 9.71 Å². The molecule has 96 valence electrons. The van der Waals surface area contributed by atoms with Gasteiger partial charge in [0.2, 0.25) is 0 Å². The van der Waals surface area contributed by atoms with E-state index in [1.165, 1.54) is 0 Å². The summed E-state index contributed by atoms with van der Waals surface area (Å²) in [6.07, 6.45) is 2.05. The van der Waals surface area contributed by atoms with E-state index in [4.69, 9.17) is 11.6 Å². The summed E-state index contributed by atoms with van der Waals surface area (Å²) in [5.41, 5.74) is 0.826. The highest BCUT2D eigenvalue weighted by Gasteiger charge is 2.35. The molecule has 1 saturated carbocycles. The largest absolute Gasteiger partial charge is 0.301 e. The van der Waals surface area contributed by atoms with Crippen molar-refractivity contribution in [3.05, 3.63) is 34.9 Å². The zero-order chi connectivity index (χ0) is 12.8. The van der Waals surface area contributed by atoms with Crippen molar-refractivity contribution in [3.63, 3.8) is 0 Å². The zero-order valence-corrected chi connectivity index (χ0v) is 11.0. The smallest absolute Gasteiger partial charge is 0.266 e. The van der Waals surface area contributed by atoms with Crippen molar-refractivity contribution in [2.75, 3.05) is 0 Å². The van der Waals surface area contributed by atoms with Gasteiger partial charge in [0.15, 0.2) is 0 Å². The third-order valence-electron chi connectivity index (χ3n) is 2.86. The van der Waals surface area contributed by atoms with Gasteiger partial charge in [0.1, 0.15) is 11.9 Å². The zero-order valence-electron chi connectivity index (χ0n) is 9.43. The van der Waals surface area contributed by atoms with E-state index in [2.05, 4.69) is 14.4 Å². The SMILES string of the molecule is O=S1(=O)NC(=NC2CC2)[C@@H](c2ccc(Cl)cc2)N1. The second kappa shape index (κ2) is 4.22. The van der Waals surface area contributed by atoms with E-state index in [9.17, 15) is 8.42 Å². The Labute approximate surface area is 110 Å². The highest BCUT2D eigenvalue weighted by Crippen LogP contribution is 2.27. The van der Waals surface area contributed by atoms with Gasteiger partial charge in [-0.15, -0.1) is 0 Å². The monoisotopic (exact) mass is 285 g/mol. The molecule has 1 heterocycles. The molecule has 2 aliphatic rings. The first-order valence-electron chi connectivity index (χ1n) is 5.67. The second-order valence-corrected chi connectivity index (χ2v) is 6.34. The fourth-order valence-electron chi connectivity index (χ4n) is 1.82. The van der Waals surface area contributed by atoms with Gasteiger partial charge >= 0.3 is 10.2 Å². The lowest BCUT2D eigenvalue weighted by molar-refractivity contribution is 0.583. The van der Waals surface area contributed by atoms with Crippen LogP contribution in [-0.2, 0) is 10.2 Å². The molecule has 1 aromatic rings. The lowest BCUT2D eigenvalue weighted by Crippen LogP contribution is -2.24. The number of hydrogen-bond donors (Lipinski definition) is 2. The Hall–Kier alpha value is -1.11. The van der Waals surface area contributed by atoms with Crippen molar-refractivity contribution >= 4 is 27.6 Å². The van der Waals surface area contributed by atoms with Crippen LogP contribution in [0.1, 0.15) is 24.4 Å². The first kappa shape index (κ1) is 12.0. The standard InChI is InChI=1S/C11H12ClN3O2S/c12-8-3-1-7(2-4-8)10-11(13-9-5-6-9)15-18(16,17)14-10/h1-4,9-10,14H,5-6H2,(H,13,15)/t10-/m1/s1. The van der Waals surface area contributed by atoms with E-state index < -0.39 is 16.3 Å². The summed E-state index contributed by atoms with van der Waals surface area (Å²) in [5.74, 6) is 0.472. The molecule has 1 aliphatic carbocycles. The molecule has 5 nitrogen and oxygen atoms in total. The van der Waals surface area contributed by atoms with Crippen molar-refractivity contribution < 1.29 is 8.42 Å². The van der Waals surface area contributed by atoms with Crippen molar-refractivity contribution in [1.29, 1.82) is 0 Å². The summed E-state index contributed by atoms with van der Waals surface area (Å²) >= 11 is 5.82. The molecular weight excluding hydrogens is 274 g/mol. The minimum atomic E-state index is -3.48. The van der Waals surface area contributed by atoms with Gasteiger partial charge in [0.05, 0.1) is 6.04 Å². The summed E-state index contributed by atoms with van der Waals surface area (Å²) < 4.78 is 28.1. The Morgan fingerprint density at radius 2 is 1.89 bits per heavy atom. The third kappa shape index (κ3) is 2.50. The van der Waals surface area contributed by atoms with Crippen LogP contribution in [0.15, 0.2) is 29.3 Å². The number of nitrogens with zero attached hydrogens (tertiary/aromatic N) is 1. The van der Waals surface area contributed by atoms with Crippen LogP contribution in [-0.4, -0.2) is 20.3 Å². The van der Waals surface area contributed by atoms with Gasteiger partial charge < -0.3 is 0 Å². The second-order valence-electron chi connectivity index (χ2n) is 4.45. The van der Waals surface area contributed by atoms with Crippen molar-refractivity contribution in [3.8, 4) is 0 Å². The summed E-state index contributed by atoms with van der Waals surface area (Å²) in [7, 11) is -3.48. The predicted octanol–water partition coefficient (Wildman–Crippen LogP) is 1.38. The minimum absolute atomic E-state index is 0.261. The van der Waals surface area contributed by atoms with Gasteiger partial charge in [-0.2, -0.15) is 13.1 Å². The van der Waals surface area contributed by atoms with Gasteiger partial charge in [-0.05, 0) is 30.5 Å². The van der Waals surface area contributed by atoms with Crippen LogP contribution < -0.4 is 9.44 Å². The molecule has 3 rings (SSSR count). The maximum atomic E-state index is 11.6. The highest BCUT2D eigenvalue weighted by atomic mass is 35.5. The third-order valence-corrected chi connectivity index (χ3v) is 4.13. The molecule has 0 amide bonds. The van der Waals surface area contributed by atoms with Crippen molar-refractivity contribution in [2.24, 2.45) is 4.99 Å². The maximum Gasteiger partial charge on any atom is 0.301 e. The van der Waals surface area contributed by atoms with Crippen LogP contribution in [0.25, 0.3) is 0 Å². The van der Waals surface area contributed by atoms with E-state index in [1.54, 1.807) is 24.3 Å². The normalized spacial score (nSPS) is 28.3. The quantitative estimate of drug-likeness (QED) is 0.862. The van der Waals surface area contributed by atoms with E-state index in [1.807, 2.05) is 0 Å². The van der Waals surface area contributed by atoms with E-state index in [-0.39, 0.29) is 6.04 Å². The van der Waals surface area contributed by atoms with Crippen molar-refractivity contribution in [1.82, 2.24) is 9.44 Å². The van der Waals surface area contributed by atoms with E-state index in [0.29, 0.717) is 10.9 Å². The van der Waals surface area contributed by atoms with E-state index in [0.717, 1.165) is 18.4 Å². The molecule has 0 bridgehead atoms. The molecule has 2 fully saturated rings. The lowest BCUT2D eigenvalue weighted by Gasteiger charge is -2.09. The van der Waals surface area contributed by atoms with Gasteiger partial charge in [0, 0.05) is 5.02 Å². The Morgan fingerprint density at radius 3 is 2.50 bits per heavy atom. The van der Waals surface area contributed by atoms with Crippen LogP contribution in [0.3, 0.4) is 0 Å². The Bertz CT molecular complexity index is 593. The minimum Gasteiger partial charge on any atom is -0.266 e. The first-order chi connectivity index (χ1) is 8.53. The maximum absolute atomic E-state index is 11.6. The number of aliphatic imine (C=N–C) groups is 1. The number of rotatable bonds is 2. The molecule has 1 saturated heterocycles. The summed E-state index contributed by atoms with van der Waals surface area (Å²) in [5, 5.41) is 0.619. The highest BCUT2D eigenvalue weighted by molar-refractivity contribution is 7.88. The fourth-order valence-corrected chi connectivity index (χ4v) is 3.01. The summed E-state index contributed by atoms with van der Waals surface area (Å²) in [6, 6.07) is 6.89. The van der Waals surface area contributed by atoms with Crippen LogP contribution in [0.4, 0.5) is 0 Å². The van der Waals surface area contributed by atoms with E-state index >= 15 is 0 Å². The predicted molar refractivity (Wildman–Crippen MR) is 69.8 cm³/mol. The van der Waals surface area contributed by atoms with Crippen LogP contribution in [0, 0.1) is 0 Å². The molecule has 0 unspecified atom stereocenters. The molecule has 1 aromatic carbocycles. The number of hydrogen-bond acceptors (Lipinski definition) is 3. The number of amidine groups is 1. The molecule has 18 heavy (non-hydrogen) atoms. The number of nitrogens with one attached hydrogen (secondary N) is 2. The topological polar surface area (TPSA) is 70.6 Å². The number of halogens is 1. The fraction of sp³-hybridized carbons (Fsp3) is 0.364. The van der Waals surface area contributed by atoms with Crippen LogP contribution >= 0.6 is 11.6 Å². The molecular formula is C11H12ClN3O2S. The van der Waals surface area contributed by atoms with Crippen LogP contribution in [0.2, 0.25) is 5.02 Å². The average molecular weight is 286 g/mol. The first-order valence-corrected chi connectivity index (χ1v) is 7.53. The molecule has 0 radical (unpaired) electrons. The summed E-state index contributed by atoms with van der Waals surface area (Å²) in [6.45, 7) is 0. The summed E-state index contributed by atoms with van der Waals surface area (Å²) in [4.78, 5) is 4.39. The lowest BCUT2D eigenvalue weighted by atomic mass is 10.1. The molecule has 1 aliphatic heterocycles. The van der Waals surface area contributed by atoms with Gasteiger partial charge in [-0.25, -0.2) is 0 Å². The van der Waals surface area contributed by atoms with Crippen LogP contribution in [0.5, 0.6) is 0 Å². The molecule has 0 aromatic heterocycles. The van der Waals surface area contributed by atoms with Crippen molar-refractivity contribution in [2.45, 2.75) is 24.9 Å².